The number of rotatable bonds is 3. The first-order valence-electron chi connectivity index (χ1n) is 5.32. The summed E-state index contributed by atoms with van der Waals surface area (Å²) in [7, 11) is 0. The van der Waals surface area contributed by atoms with Crippen LogP contribution in [0, 0.1) is 0 Å². The Morgan fingerprint density at radius 2 is 1.86 bits per heavy atom. The number of carbonyl (C=O) groups is 1. The molecule has 1 fully saturated rings. The van der Waals surface area contributed by atoms with Crippen LogP contribution in [0.4, 0.5) is 0 Å². The molecule has 1 aliphatic heterocycles. The first-order chi connectivity index (χ1) is 6.70. The average Bonchev–Trinajstić information content (AvgIpc) is 2.42. The van der Waals surface area contributed by atoms with Gasteiger partial charge in [-0.05, 0) is 32.9 Å². The molecule has 1 N–H and O–H groups in total. The highest BCUT2D eigenvalue weighted by Crippen LogP contribution is 2.09. The molecular formula is C11H19NO2. The molecule has 0 unspecified atom stereocenters. The predicted octanol–water partition coefficient (Wildman–Crippen LogP) is 1.89. The Kier molecular flexibility index (Phi) is 4.66. The van der Waals surface area contributed by atoms with E-state index in [-0.39, 0.29) is 0 Å². The van der Waals surface area contributed by atoms with Crippen LogP contribution in [0.25, 0.3) is 0 Å². The van der Waals surface area contributed by atoms with Gasteiger partial charge in [-0.25, -0.2) is 4.79 Å². The monoisotopic (exact) mass is 197 g/mol. The summed E-state index contributed by atoms with van der Waals surface area (Å²) in [5.41, 5.74) is 0.453. The average molecular weight is 197 g/mol. The molecule has 3 heteroatoms. The van der Waals surface area contributed by atoms with Crippen LogP contribution in [-0.4, -0.2) is 35.6 Å². The van der Waals surface area contributed by atoms with E-state index in [9.17, 15) is 4.79 Å². The van der Waals surface area contributed by atoms with Crippen molar-refractivity contribution in [2.24, 2.45) is 0 Å². The highest BCUT2D eigenvalue weighted by atomic mass is 16.4. The maximum Gasteiger partial charge on any atom is 0.330 e. The fraction of sp³-hybridized carbons (Fsp3) is 0.727. The molecule has 80 valence electrons. The zero-order chi connectivity index (χ0) is 10.4. The second kappa shape index (κ2) is 5.81. The Bertz CT molecular complexity index is 215. The number of likely N-dealkylation sites (tertiary alicyclic amines) is 1. The van der Waals surface area contributed by atoms with E-state index in [0.717, 1.165) is 19.6 Å². The number of carboxylic acid groups (broad SMARTS) is 1. The van der Waals surface area contributed by atoms with Crippen LogP contribution in [0.1, 0.15) is 32.6 Å². The maximum absolute atomic E-state index is 10.6. The van der Waals surface area contributed by atoms with Gasteiger partial charge in [-0.2, -0.15) is 0 Å². The lowest BCUT2D eigenvalue weighted by molar-refractivity contribution is -0.132. The van der Waals surface area contributed by atoms with E-state index >= 15 is 0 Å². The van der Waals surface area contributed by atoms with Gasteiger partial charge in [0.15, 0.2) is 0 Å². The molecule has 1 aliphatic rings. The summed E-state index contributed by atoms with van der Waals surface area (Å²) in [5, 5.41) is 8.68. The minimum Gasteiger partial charge on any atom is -0.478 e. The van der Waals surface area contributed by atoms with Gasteiger partial charge in [-0.1, -0.05) is 18.9 Å². The minimum absolute atomic E-state index is 0.453. The molecule has 0 bridgehead atoms. The van der Waals surface area contributed by atoms with Gasteiger partial charge in [-0.3, -0.25) is 4.90 Å². The molecule has 0 saturated carbocycles. The van der Waals surface area contributed by atoms with Gasteiger partial charge in [0.05, 0.1) is 0 Å². The number of hydrogen-bond donors (Lipinski definition) is 1. The molecule has 14 heavy (non-hydrogen) atoms. The van der Waals surface area contributed by atoms with Gasteiger partial charge in [0.2, 0.25) is 0 Å². The van der Waals surface area contributed by atoms with Gasteiger partial charge < -0.3 is 5.11 Å². The van der Waals surface area contributed by atoms with Crippen LogP contribution in [0.3, 0.4) is 0 Å². The van der Waals surface area contributed by atoms with Crippen molar-refractivity contribution >= 4 is 5.97 Å². The summed E-state index contributed by atoms with van der Waals surface area (Å²) in [5.74, 6) is -0.806. The molecule has 0 amide bonds. The van der Waals surface area contributed by atoms with Gasteiger partial charge in [0, 0.05) is 12.1 Å². The molecule has 0 aromatic heterocycles. The summed E-state index contributed by atoms with van der Waals surface area (Å²) in [6.45, 7) is 4.67. The fourth-order valence-corrected chi connectivity index (χ4v) is 1.67. The zero-order valence-corrected chi connectivity index (χ0v) is 8.83. The molecule has 0 radical (unpaired) electrons. The summed E-state index contributed by atoms with van der Waals surface area (Å²) >= 11 is 0. The summed E-state index contributed by atoms with van der Waals surface area (Å²) in [4.78, 5) is 12.9. The lowest BCUT2D eigenvalue weighted by Gasteiger charge is -2.17. The first-order valence-corrected chi connectivity index (χ1v) is 5.32. The third-order valence-corrected chi connectivity index (χ3v) is 2.69. The van der Waals surface area contributed by atoms with Crippen molar-refractivity contribution in [3.63, 3.8) is 0 Å². The normalized spacial score (nSPS) is 20.5. The Labute approximate surface area is 85.4 Å². The van der Waals surface area contributed by atoms with Crippen LogP contribution in [-0.2, 0) is 4.79 Å². The molecule has 0 spiro atoms. The molecule has 0 aromatic rings. The van der Waals surface area contributed by atoms with Crippen molar-refractivity contribution in [1.29, 1.82) is 0 Å². The smallest absolute Gasteiger partial charge is 0.330 e. The Morgan fingerprint density at radius 3 is 2.36 bits per heavy atom. The summed E-state index contributed by atoms with van der Waals surface area (Å²) < 4.78 is 0. The van der Waals surface area contributed by atoms with Crippen molar-refractivity contribution in [1.82, 2.24) is 4.90 Å². The summed E-state index contributed by atoms with van der Waals surface area (Å²) in [6.07, 6.45) is 6.95. The van der Waals surface area contributed by atoms with E-state index in [0.29, 0.717) is 5.57 Å². The second-order valence-electron chi connectivity index (χ2n) is 3.91. The first kappa shape index (κ1) is 11.2. The van der Waals surface area contributed by atoms with Crippen LogP contribution in [0.15, 0.2) is 11.6 Å². The molecule has 3 nitrogen and oxygen atoms in total. The standard InChI is InChI=1S/C11H19NO2/c1-10(11(13)14)6-9-12-7-4-2-3-5-8-12/h6H,2-5,7-9H2,1H3,(H,13,14). The molecule has 1 saturated heterocycles. The number of hydrogen-bond acceptors (Lipinski definition) is 2. The predicted molar refractivity (Wildman–Crippen MR) is 56.3 cm³/mol. The van der Waals surface area contributed by atoms with Crippen molar-refractivity contribution in [2.75, 3.05) is 19.6 Å². The van der Waals surface area contributed by atoms with E-state index in [2.05, 4.69) is 4.90 Å². The Morgan fingerprint density at radius 1 is 1.29 bits per heavy atom. The zero-order valence-electron chi connectivity index (χ0n) is 8.83. The molecular weight excluding hydrogens is 178 g/mol. The second-order valence-corrected chi connectivity index (χ2v) is 3.91. The van der Waals surface area contributed by atoms with E-state index in [1.807, 2.05) is 6.08 Å². The quantitative estimate of drug-likeness (QED) is 0.702. The van der Waals surface area contributed by atoms with Crippen LogP contribution in [0.2, 0.25) is 0 Å². The van der Waals surface area contributed by atoms with Crippen LogP contribution < -0.4 is 0 Å². The van der Waals surface area contributed by atoms with E-state index < -0.39 is 5.97 Å². The van der Waals surface area contributed by atoms with Gasteiger partial charge in [0.1, 0.15) is 0 Å². The van der Waals surface area contributed by atoms with Gasteiger partial charge in [0.25, 0.3) is 0 Å². The largest absolute Gasteiger partial charge is 0.478 e. The lowest BCUT2D eigenvalue weighted by atomic mass is 10.2. The minimum atomic E-state index is -0.806. The number of aliphatic carboxylic acids is 1. The number of carboxylic acids is 1. The molecule has 1 rings (SSSR count). The lowest BCUT2D eigenvalue weighted by Crippen LogP contribution is -2.25. The van der Waals surface area contributed by atoms with Crippen molar-refractivity contribution in [2.45, 2.75) is 32.6 Å². The van der Waals surface area contributed by atoms with Crippen LogP contribution >= 0.6 is 0 Å². The van der Waals surface area contributed by atoms with E-state index in [4.69, 9.17) is 5.11 Å². The highest BCUT2D eigenvalue weighted by molar-refractivity contribution is 5.85. The number of nitrogens with zero attached hydrogens (tertiary/aromatic N) is 1. The van der Waals surface area contributed by atoms with E-state index in [1.165, 1.54) is 25.7 Å². The van der Waals surface area contributed by atoms with Crippen molar-refractivity contribution in [3.8, 4) is 0 Å². The molecule has 0 atom stereocenters. The van der Waals surface area contributed by atoms with Crippen LogP contribution in [0.5, 0.6) is 0 Å². The Balaban J connectivity index is 2.35. The Hall–Kier alpha value is -0.830. The highest BCUT2D eigenvalue weighted by Gasteiger charge is 2.07. The topological polar surface area (TPSA) is 40.5 Å². The fourth-order valence-electron chi connectivity index (χ4n) is 1.67. The molecule has 0 aromatic carbocycles. The van der Waals surface area contributed by atoms with Gasteiger partial charge >= 0.3 is 5.97 Å². The molecule has 0 aliphatic carbocycles. The maximum atomic E-state index is 10.6. The van der Waals surface area contributed by atoms with E-state index in [1.54, 1.807) is 6.92 Å². The molecule has 1 heterocycles. The summed E-state index contributed by atoms with van der Waals surface area (Å²) in [6, 6.07) is 0. The third-order valence-electron chi connectivity index (χ3n) is 2.69. The SMILES string of the molecule is CC(=CCN1CCCCCC1)C(=O)O. The third kappa shape index (κ3) is 3.92. The van der Waals surface area contributed by atoms with Crippen molar-refractivity contribution in [3.05, 3.63) is 11.6 Å². The van der Waals surface area contributed by atoms with Gasteiger partial charge in [-0.15, -0.1) is 0 Å². The van der Waals surface area contributed by atoms with Crippen molar-refractivity contribution < 1.29 is 9.90 Å².